The molecule has 3 aromatic heterocycles. The number of amides is 1. The van der Waals surface area contributed by atoms with Crippen LogP contribution in [0.2, 0.25) is 0 Å². The van der Waals surface area contributed by atoms with Crippen molar-refractivity contribution in [3.8, 4) is 5.75 Å². The number of hydrogen-bond acceptors (Lipinski definition) is 6. The first kappa shape index (κ1) is 18.0. The van der Waals surface area contributed by atoms with E-state index < -0.39 is 0 Å². The van der Waals surface area contributed by atoms with Crippen molar-refractivity contribution in [3.63, 3.8) is 0 Å². The van der Waals surface area contributed by atoms with Crippen molar-refractivity contribution in [2.24, 2.45) is 7.05 Å². The van der Waals surface area contributed by atoms with Crippen molar-refractivity contribution < 1.29 is 14.1 Å². The molecular formula is C20H21N5O3. The van der Waals surface area contributed by atoms with Gasteiger partial charge < -0.3 is 14.6 Å². The maximum atomic E-state index is 13.1. The predicted octanol–water partition coefficient (Wildman–Crippen LogP) is 3.77. The van der Waals surface area contributed by atoms with Gasteiger partial charge in [0.1, 0.15) is 5.75 Å². The summed E-state index contributed by atoms with van der Waals surface area (Å²) in [5.41, 5.74) is 2.94. The quantitative estimate of drug-likeness (QED) is 0.580. The Morgan fingerprint density at radius 2 is 2.04 bits per heavy atom. The van der Waals surface area contributed by atoms with Gasteiger partial charge in [-0.2, -0.15) is 5.10 Å². The highest BCUT2D eigenvalue weighted by atomic mass is 16.5. The van der Waals surface area contributed by atoms with Crippen LogP contribution in [0.25, 0.3) is 22.0 Å². The normalized spacial score (nSPS) is 11.5. The third-order valence-corrected chi connectivity index (χ3v) is 4.42. The molecule has 0 aliphatic rings. The molecule has 1 N–H and O–H groups in total. The number of anilines is 1. The van der Waals surface area contributed by atoms with Crippen LogP contribution in [0.5, 0.6) is 5.75 Å². The van der Waals surface area contributed by atoms with Crippen LogP contribution in [0.4, 0.5) is 5.82 Å². The number of aryl methyl sites for hydroxylation is 3. The van der Waals surface area contributed by atoms with Gasteiger partial charge in [0, 0.05) is 12.7 Å². The lowest BCUT2D eigenvalue weighted by molar-refractivity contribution is 0.102. The highest BCUT2D eigenvalue weighted by molar-refractivity contribution is 6.14. The topological polar surface area (TPSA) is 95.1 Å². The zero-order chi connectivity index (χ0) is 20.0. The third-order valence-electron chi connectivity index (χ3n) is 4.42. The van der Waals surface area contributed by atoms with E-state index in [1.807, 2.05) is 39.1 Å². The van der Waals surface area contributed by atoms with Crippen LogP contribution in [-0.2, 0) is 7.05 Å². The summed E-state index contributed by atoms with van der Waals surface area (Å²) in [5, 5.41) is 12.7. The number of hydrogen-bond donors (Lipinski definition) is 1. The summed E-state index contributed by atoms with van der Waals surface area (Å²) in [6.45, 7) is 7.50. The zero-order valence-electron chi connectivity index (χ0n) is 16.4. The minimum absolute atomic E-state index is 0.00326. The average molecular weight is 379 g/mol. The van der Waals surface area contributed by atoms with Gasteiger partial charge in [-0.25, -0.2) is 4.98 Å². The smallest absolute Gasteiger partial charge is 0.258 e. The number of aromatic nitrogens is 4. The Kier molecular flexibility index (Phi) is 4.26. The molecule has 144 valence electrons. The molecule has 28 heavy (non-hydrogen) atoms. The number of rotatable bonds is 4. The zero-order valence-corrected chi connectivity index (χ0v) is 16.4. The van der Waals surface area contributed by atoms with E-state index in [0.29, 0.717) is 39.6 Å². The number of carbonyl (C=O) groups is 1. The van der Waals surface area contributed by atoms with Crippen LogP contribution in [0.15, 0.2) is 28.8 Å². The fourth-order valence-electron chi connectivity index (χ4n) is 3.29. The summed E-state index contributed by atoms with van der Waals surface area (Å²) in [6, 6.07) is 7.44. The Morgan fingerprint density at radius 3 is 2.79 bits per heavy atom. The second-order valence-corrected chi connectivity index (χ2v) is 7.00. The lowest BCUT2D eigenvalue weighted by Gasteiger charge is -2.12. The van der Waals surface area contributed by atoms with E-state index >= 15 is 0 Å². The van der Waals surface area contributed by atoms with Gasteiger partial charge in [-0.15, -0.1) is 0 Å². The summed E-state index contributed by atoms with van der Waals surface area (Å²) in [7, 11) is 1.83. The van der Waals surface area contributed by atoms with Crippen LogP contribution < -0.4 is 10.1 Å². The van der Waals surface area contributed by atoms with Crippen molar-refractivity contribution >= 4 is 33.7 Å². The molecule has 0 spiro atoms. The second kappa shape index (κ2) is 6.63. The number of fused-ring (bicyclic) bond motifs is 2. The molecule has 0 aliphatic heterocycles. The van der Waals surface area contributed by atoms with Crippen LogP contribution in [0, 0.1) is 13.8 Å². The Hall–Kier alpha value is -3.42. The first-order valence-corrected chi connectivity index (χ1v) is 9.02. The van der Waals surface area contributed by atoms with Crippen LogP contribution in [0.1, 0.15) is 35.6 Å². The molecule has 8 heteroatoms. The van der Waals surface area contributed by atoms with Gasteiger partial charge in [-0.05, 0) is 45.9 Å². The van der Waals surface area contributed by atoms with Gasteiger partial charge in [0.15, 0.2) is 5.82 Å². The number of carbonyl (C=O) groups excluding carboxylic acids is 1. The molecule has 8 nitrogen and oxygen atoms in total. The van der Waals surface area contributed by atoms with Gasteiger partial charge in [-0.1, -0.05) is 11.2 Å². The molecule has 0 bridgehead atoms. The maximum Gasteiger partial charge on any atom is 0.258 e. The first-order chi connectivity index (χ1) is 13.3. The highest BCUT2D eigenvalue weighted by Gasteiger charge is 2.21. The van der Waals surface area contributed by atoms with E-state index in [9.17, 15) is 4.79 Å². The molecule has 3 heterocycles. The van der Waals surface area contributed by atoms with Crippen molar-refractivity contribution in [3.05, 3.63) is 41.2 Å². The molecule has 1 aromatic carbocycles. The fraction of sp³-hybridized carbons (Fsp3) is 0.300. The SMILES string of the molecule is Cc1cc(C(=O)Nc2nn(C)c3cccc(OC(C)C)c23)c2c(C)noc2n1. The molecule has 0 saturated heterocycles. The summed E-state index contributed by atoms with van der Waals surface area (Å²) >= 11 is 0. The fourth-order valence-corrected chi connectivity index (χ4v) is 3.29. The van der Waals surface area contributed by atoms with E-state index in [4.69, 9.17) is 9.26 Å². The molecule has 0 atom stereocenters. The van der Waals surface area contributed by atoms with Crippen LogP contribution in [-0.4, -0.2) is 31.9 Å². The number of nitrogens with one attached hydrogen (secondary N) is 1. The lowest BCUT2D eigenvalue weighted by atomic mass is 10.1. The predicted molar refractivity (Wildman–Crippen MR) is 106 cm³/mol. The van der Waals surface area contributed by atoms with E-state index in [1.165, 1.54) is 0 Å². The van der Waals surface area contributed by atoms with Crippen molar-refractivity contribution in [1.82, 2.24) is 19.9 Å². The standard InChI is InChI=1S/C20H21N5O3/c1-10(2)27-15-8-6-7-14-17(15)18(23-25(14)5)22-19(26)13-9-11(3)21-20-16(13)12(4)24-28-20/h6-10H,1-5H3,(H,22,23,26). The van der Waals surface area contributed by atoms with Crippen molar-refractivity contribution in [2.75, 3.05) is 5.32 Å². The van der Waals surface area contributed by atoms with E-state index in [2.05, 4.69) is 20.6 Å². The van der Waals surface area contributed by atoms with Crippen LogP contribution >= 0.6 is 0 Å². The molecule has 4 aromatic rings. The number of ether oxygens (including phenoxy) is 1. The molecule has 1 amide bonds. The van der Waals surface area contributed by atoms with E-state index in [1.54, 1.807) is 24.6 Å². The molecule has 0 saturated carbocycles. The Balaban J connectivity index is 1.81. The molecule has 0 radical (unpaired) electrons. The summed E-state index contributed by atoms with van der Waals surface area (Å²) in [6.07, 6.45) is -0.00326. The molecule has 4 rings (SSSR count). The Labute approximate surface area is 161 Å². The van der Waals surface area contributed by atoms with Crippen molar-refractivity contribution in [2.45, 2.75) is 33.8 Å². The third kappa shape index (κ3) is 2.96. The number of pyridine rings is 1. The van der Waals surface area contributed by atoms with Crippen molar-refractivity contribution in [1.29, 1.82) is 0 Å². The lowest BCUT2D eigenvalue weighted by Crippen LogP contribution is -2.14. The van der Waals surface area contributed by atoms with Gasteiger partial charge in [-0.3, -0.25) is 9.48 Å². The first-order valence-electron chi connectivity index (χ1n) is 9.02. The maximum absolute atomic E-state index is 13.1. The summed E-state index contributed by atoms with van der Waals surface area (Å²) < 4.78 is 12.9. The summed E-state index contributed by atoms with van der Waals surface area (Å²) in [4.78, 5) is 17.4. The monoisotopic (exact) mass is 379 g/mol. The number of nitrogens with zero attached hydrogens (tertiary/aromatic N) is 4. The largest absolute Gasteiger partial charge is 0.490 e. The van der Waals surface area contributed by atoms with Gasteiger partial charge in [0.25, 0.3) is 11.6 Å². The van der Waals surface area contributed by atoms with E-state index in [-0.39, 0.29) is 12.0 Å². The summed E-state index contributed by atoms with van der Waals surface area (Å²) in [5.74, 6) is 0.810. The Bertz CT molecular complexity index is 1210. The molecule has 0 unspecified atom stereocenters. The molecule has 0 fully saturated rings. The van der Waals surface area contributed by atoms with Gasteiger partial charge >= 0.3 is 0 Å². The minimum Gasteiger partial charge on any atom is -0.490 e. The molecular weight excluding hydrogens is 358 g/mol. The van der Waals surface area contributed by atoms with Gasteiger partial charge in [0.05, 0.1) is 33.7 Å². The van der Waals surface area contributed by atoms with E-state index in [0.717, 1.165) is 10.9 Å². The number of benzene rings is 1. The minimum atomic E-state index is -0.304. The van der Waals surface area contributed by atoms with Gasteiger partial charge in [0.2, 0.25) is 0 Å². The average Bonchev–Trinajstić information content (AvgIpc) is 3.15. The molecule has 0 aliphatic carbocycles. The Morgan fingerprint density at radius 1 is 1.25 bits per heavy atom. The highest BCUT2D eigenvalue weighted by Crippen LogP contribution is 2.33. The second-order valence-electron chi connectivity index (χ2n) is 7.00. The van der Waals surface area contributed by atoms with Crippen LogP contribution in [0.3, 0.4) is 0 Å².